The van der Waals surface area contributed by atoms with Gasteiger partial charge in [-0.2, -0.15) is 0 Å². The standard InChI is InChI=1S/C12H17NO2/c1-15-11-7-4-6-10(14)12(11)9-5-2-3-8-13-9/h4,6-7,9,13-14H,2-3,5,8H2,1H3/t9-/m0/s1. The molecule has 0 aliphatic carbocycles. The van der Waals surface area contributed by atoms with E-state index in [1.807, 2.05) is 6.07 Å². The summed E-state index contributed by atoms with van der Waals surface area (Å²) in [5.41, 5.74) is 0.903. The van der Waals surface area contributed by atoms with Crippen LogP contribution < -0.4 is 10.1 Å². The fourth-order valence-corrected chi connectivity index (χ4v) is 2.16. The average Bonchev–Trinajstić information content (AvgIpc) is 2.29. The molecule has 82 valence electrons. The van der Waals surface area contributed by atoms with Crippen molar-refractivity contribution in [2.45, 2.75) is 25.3 Å². The highest BCUT2D eigenvalue weighted by atomic mass is 16.5. The number of ether oxygens (including phenoxy) is 1. The molecular weight excluding hydrogens is 190 g/mol. The van der Waals surface area contributed by atoms with Crippen molar-refractivity contribution in [1.82, 2.24) is 5.32 Å². The normalized spacial score (nSPS) is 21.3. The van der Waals surface area contributed by atoms with Gasteiger partial charge in [-0.15, -0.1) is 0 Å². The van der Waals surface area contributed by atoms with Crippen LogP contribution in [0, 0.1) is 0 Å². The van der Waals surface area contributed by atoms with E-state index in [2.05, 4.69) is 5.32 Å². The van der Waals surface area contributed by atoms with Gasteiger partial charge in [0.15, 0.2) is 0 Å². The van der Waals surface area contributed by atoms with E-state index >= 15 is 0 Å². The van der Waals surface area contributed by atoms with Crippen molar-refractivity contribution in [3.8, 4) is 11.5 Å². The molecule has 1 aromatic carbocycles. The minimum atomic E-state index is 0.231. The first kappa shape index (κ1) is 10.3. The number of nitrogens with one attached hydrogen (secondary N) is 1. The minimum absolute atomic E-state index is 0.231. The maximum absolute atomic E-state index is 9.85. The van der Waals surface area contributed by atoms with Crippen LogP contribution in [0.4, 0.5) is 0 Å². The molecule has 2 N–H and O–H groups in total. The topological polar surface area (TPSA) is 41.5 Å². The third kappa shape index (κ3) is 2.07. The number of benzene rings is 1. The van der Waals surface area contributed by atoms with Gasteiger partial charge in [0.2, 0.25) is 0 Å². The predicted molar refractivity (Wildman–Crippen MR) is 59.3 cm³/mol. The lowest BCUT2D eigenvalue weighted by Gasteiger charge is -2.25. The number of aromatic hydroxyl groups is 1. The fourth-order valence-electron chi connectivity index (χ4n) is 2.16. The van der Waals surface area contributed by atoms with Crippen LogP contribution in [0.5, 0.6) is 11.5 Å². The molecule has 0 aromatic heterocycles. The SMILES string of the molecule is COc1cccc(O)c1[C@@H]1CCCCN1. The van der Waals surface area contributed by atoms with Gasteiger partial charge < -0.3 is 15.2 Å². The molecule has 0 unspecified atom stereocenters. The summed E-state index contributed by atoms with van der Waals surface area (Å²) >= 11 is 0. The van der Waals surface area contributed by atoms with Gasteiger partial charge in [-0.1, -0.05) is 12.5 Å². The van der Waals surface area contributed by atoms with E-state index in [4.69, 9.17) is 4.74 Å². The second-order valence-electron chi connectivity index (χ2n) is 3.90. The molecule has 1 aromatic rings. The predicted octanol–water partition coefficient (Wildman–Crippen LogP) is 2.22. The molecule has 2 rings (SSSR count). The molecule has 0 spiro atoms. The number of rotatable bonds is 2. The number of piperidine rings is 1. The Morgan fingerprint density at radius 1 is 1.40 bits per heavy atom. The average molecular weight is 207 g/mol. The van der Waals surface area contributed by atoms with E-state index in [0.717, 1.165) is 24.3 Å². The zero-order chi connectivity index (χ0) is 10.7. The van der Waals surface area contributed by atoms with E-state index in [9.17, 15) is 5.11 Å². The first-order valence-corrected chi connectivity index (χ1v) is 5.42. The third-order valence-electron chi connectivity index (χ3n) is 2.92. The summed E-state index contributed by atoms with van der Waals surface area (Å²) in [5.74, 6) is 1.10. The molecule has 1 fully saturated rings. The van der Waals surface area contributed by atoms with Gasteiger partial charge in [0.05, 0.1) is 12.7 Å². The number of hydrogen-bond donors (Lipinski definition) is 2. The van der Waals surface area contributed by atoms with Crippen LogP contribution in [-0.2, 0) is 0 Å². The molecule has 3 nitrogen and oxygen atoms in total. The third-order valence-corrected chi connectivity index (χ3v) is 2.92. The Morgan fingerprint density at radius 3 is 2.93 bits per heavy atom. The molecule has 15 heavy (non-hydrogen) atoms. The maximum Gasteiger partial charge on any atom is 0.127 e. The Hall–Kier alpha value is -1.22. The zero-order valence-electron chi connectivity index (χ0n) is 8.99. The van der Waals surface area contributed by atoms with Crippen molar-refractivity contribution in [3.63, 3.8) is 0 Å². The van der Waals surface area contributed by atoms with E-state index < -0.39 is 0 Å². The molecule has 0 saturated carbocycles. The zero-order valence-corrected chi connectivity index (χ0v) is 8.99. The van der Waals surface area contributed by atoms with Crippen LogP contribution in [0.25, 0.3) is 0 Å². The van der Waals surface area contributed by atoms with Crippen LogP contribution >= 0.6 is 0 Å². The van der Waals surface area contributed by atoms with Gasteiger partial charge in [0, 0.05) is 6.04 Å². The van der Waals surface area contributed by atoms with E-state index in [0.29, 0.717) is 5.75 Å². The summed E-state index contributed by atoms with van der Waals surface area (Å²) in [6.45, 7) is 1.02. The summed E-state index contributed by atoms with van der Waals surface area (Å²) in [4.78, 5) is 0. The number of hydrogen-bond acceptors (Lipinski definition) is 3. The molecule has 0 bridgehead atoms. The minimum Gasteiger partial charge on any atom is -0.507 e. The quantitative estimate of drug-likeness (QED) is 0.781. The summed E-state index contributed by atoms with van der Waals surface area (Å²) in [7, 11) is 1.64. The Bertz CT molecular complexity index is 332. The summed E-state index contributed by atoms with van der Waals surface area (Å²) in [6.07, 6.45) is 3.48. The van der Waals surface area contributed by atoms with Gasteiger partial charge in [-0.3, -0.25) is 0 Å². The Morgan fingerprint density at radius 2 is 2.27 bits per heavy atom. The second kappa shape index (κ2) is 4.53. The molecular formula is C12H17NO2. The lowest BCUT2D eigenvalue weighted by Crippen LogP contribution is -2.27. The Kier molecular flexibility index (Phi) is 3.11. The molecule has 1 saturated heterocycles. The summed E-state index contributed by atoms with van der Waals surface area (Å²) in [6, 6.07) is 5.65. The van der Waals surface area contributed by atoms with Crippen molar-refractivity contribution >= 4 is 0 Å². The van der Waals surface area contributed by atoms with E-state index in [1.165, 1.54) is 12.8 Å². The van der Waals surface area contributed by atoms with Crippen molar-refractivity contribution in [2.75, 3.05) is 13.7 Å². The molecule has 1 aliphatic rings. The van der Waals surface area contributed by atoms with Gasteiger partial charge >= 0.3 is 0 Å². The van der Waals surface area contributed by atoms with Crippen molar-refractivity contribution in [2.24, 2.45) is 0 Å². The molecule has 1 aliphatic heterocycles. The van der Waals surface area contributed by atoms with Crippen molar-refractivity contribution in [3.05, 3.63) is 23.8 Å². The number of phenols is 1. The van der Waals surface area contributed by atoms with Gasteiger partial charge in [0.1, 0.15) is 11.5 Å². The number of methoxy groups -OCH3 is 1. The van der Waals surface area contributed by atoms with Crippen LogP contribution in [0.15, 0.2) is 18.2 Å². The van der Waals surface area contributed by atoms with E-state index in [-0.39, 0.29) is 6.04 Å². The van der Waals surface area contributed by atoms with Crippen LogP contribution in [0.3, 0.4) is 0 Å². The van der Waals surface area contributed by atoms with Crippen LogP contribution in [0.1, 0.15) is 30.9 Å². The highest BCUT2D eigenvalue weighted by Gasteiger charge is 2.21. The van der Waals surface area contributed by atoms with Gasteiger partial charge in [-0.05, 0) is 31.5 Å². The smallest absolute Gasteiger partial charge is 0.127 e. The maximum atomic E-state index is 9.85. The molecule has 3 heteroatoms. The highest BCUT2D eigenvalue weighted by Crippen LogP contribution is 2.36. The van der Waals surface area contributed by atoms with Crippen molar-refractivity contribution < 1.29 is 9.84 Å². The van der Waals surface area contributed by atoms with Gasteiger partial charge in [0.25, 0.3) is 0 Å². The molecule has 0 radical (unpaired) electrons. The highest BCUT2D eigenvalue weighted by molar-refractivity contribution is 5.46. The van der Waals surface area contributed by atoms with Crippen LogP contribution in [-0.4, -0.2) is 18.8 Å². The summed E-state index contributed by atoms with van der Waals surface area (Å²) < 4.78 is 5.28. The lowest BCUT2D eigenvalue weighted by atomic mass is 9.96. The summed E-state index contributed by atoms with van der Waals surface area (Å²) in [5, 5.41) is 13.3. The molecule has 1 atom stereocenters. The number of phenolic OH excluding ortho intramolecular Hbond substituents is 1. The van der Waals surface area contributed by atoms with Crippen molar-refractivity contribution in [1.29, 1.82) is 0 Å². The monoisotopic (exact) mass is 207 g/mol. The fraction of sp³-hybridized carbons (Fsp3) is 0.500. The van der Waals surface area contributed by atoms with Crippen LogP contribution in [0.2, 0.25) is 0 Å². The Balaban J connectivity index is 2.31. The lowest BCUT2D eigenvalue weighted by molar-refractivity contribution is 0.357. The molecule has 1 heterocycles. The van der Waals surface area contributed by atoms with E-state index in [1.54, 1.807) is 19.2 Å². The second-order valence-corrected chi connectivity index (χ2v) is 3.90. The molecule has 0 amide bonds. The first-order chi connectivity index (χ1) is 7.33. The Labute approximate surface area is 90.1 Å². The van der Waals surface area contributed by atoms with Gasteiger partial charge in [-0.25, -0.2) is 0 Å². The first-order valence-electron chi connectivity index (χ1n) is 5.42. The largest absolute Gasteiger partial charge is 0.507 e.